The van der Waals surface area contributed by atoms with Crippen LogP contribution in [0.4, 0.5) is 4.39 Å². The van der Waals surface area contributed by atoms with E-state index in [-0.39, 0.29) is 16.4 Å². The van der Waals surface area contributed by atoms with E-state index >= 15 is 0 Å². The Morgan fingerprint density at radius 1 is 1.33 bits per heavy atom. The fourth-order valence-corrected chi connectivity index (χ4v) is 3.64. The lowest BCUT2D eigenvalue weighted by molar-refractivity contribution is 0.182. The van der Waals surface area contributed by atoms with Crippen molar-refractivity contribution in [1.29, 1.82) is 0 Å². The molecule has 1 aliphatic rings. The smallest absolute Gasteiger partial charge is 0.142 e. The van der Waals surface area contributed by atoms with E-state index in [0.29, 0.717) is 11.8 Å². The molecule has 1 aromatic rings. The summed E-state index contributed by atoms with van der Waals surface area (Å²) in [5, 5.41) is 0.176. The lowest BCUT2D eigenvalue weighted by atomic mass is 9.70. The fourth-order valence-electron chi connectivity index (χ4n) is 3.53. The molecule has 0 spiro atoms. The van der Waals surface area contributed by atoms with E-state index in [2.05, 4.69) is 13.8 Å². The van der Waals surface area contributed by atoms with Gasteiger partial charge >= 0.3 is 0 Å². The van der Waals surface area contributed by atoms with Crippen LogP contribution >= 0.6 is 11.6 Å². The summed E-state index contributed by atoms with van der Waals surface area (Å²) in [6.07, 6.45) is 4.01. The number of rotatable bonds is 2. The summed E-state index contributed by atoms with van der Waals surface area (Å²) in [4.78, 5) is 0. The molecule has 100 valence electrons. The quantitative estimate of drug-likeness (QED) is 0.857. The van der Waals surface area contributed by atoms with E-state index in [1.165, 1.54) is 12.5 Å². The van der Waals surface area contributed by atoms with Crippen LogP contribution in [0.15, 0.2) is 18.2 Å². The third-order valence-corrected chi connectivity index (χ3v) is 4.16. The topological polar surface area (TPSA) is 26.0 Å². The van der Waals surface area contributed by atoms with Crippen LogP contribution in [0.3, 0.4) is 0 Å². The van der Waals surface area contributed by atoms with Crippen LogP contribution in [0.25, 0.3) is 0 Å². The van der Waals surface area contributed by atoms with Crippen molar-refractivity contribution in [2.24, 2.45) is 17.6 Å². The Balaban J connectivity index is 2.13. The normalized spacial score (nSPS) is 32.5. The van der Waals surface area contributed by atoms with E-state index in [0.717, 1.165) is 24.8 Å². The number of benzene rings is 1. The van der Waals surface area contributed by atoms with Crippen molar-refractivity contribution in [3.63, 3.8) is 0 Å². The van der Waals surface area contributed by atoms with Crippen LogP contribution in [-0.4, -0.2) is 5.54 Å². The first-order chi connectivity index (χ1) is 8.38. The van der Waals surface area contributed by atoms with Gasteiger partial charge in [-0.25, -0.2) is 4.39 Å². The minimum absolute atomic E-state index is 0.176. The first-order valence-electron chi connectivity index (χ1n) is 6.61. The molecule has 1 fully saturated rings. The standard InChI is InChI=1S/C15H21ClFN/c1-10-5-11(2)8-15(18,7-10)9-12-3-4-13(16)14(17)6-12/h3-4,6,10-11H,5,7-9,18H2,1-2H3. The maximum atomic E-state index is 13.4. The number of halogens is 2. The van der Waals surface area contributed by atoms with E-state index in [1.807, 2.05) is 6.07 Å². The summed E-state index contributed by atoms with van der Waals surface area (Å²) in [6.45, 7) is 4.50. The zero-order valence-corrected chi connectivity index (χ0v) is 11.8. The molecule has 1 saturated carbocycles. The van der Waals surface area contributed by atoms with Crippen molar-refractivity contribution in [3.8, 4) is 0 Å². The van der Waals surface area contributed by atoms with Crippen molar-refractivity contribution in [2.75, 3.05) is 0 Å². The predicted molar refractivity (Wildman–Crippen MR) is 74.2 cm³/mol. The Morgan fingerprint density at radius 2 is 1.94 bits per heavy atom. The second-order valence-electron chi connectivity index (χ2n) is 6.14. The van der Waals surface area contributed by atoms with Gasteiger partial charge in [0.15, 0.2) is 0 Å². The Kier molecular flexibility index (Phi) is 3.98. The van der Waals surface area contributed by atoms with Gasteiger partial charge in [0, 0.05) is 5.54 Å². The number of hydrogen-bond acceptors (Lipinski definition) is 1. The van der Waals surface area contributed by atoms with Gasteiger partial charge in [0.25, 0.3) is 0 Å². The second kappa shape index (κ2) is 5.18. The van der Waals surface area contributed by atoms with Gasteiger partial charge in [-0.2, -0.15) is 0 Å². The molecule has 2 rings (SSSR count). The van der Waals surface area contributed by atoms with Crippen LogP contribution < -0.4 is 5.73 Å². The van der Waals surface area contributed by atoms with Gasteiger partial charge in [0.1, 0.15) is 5.82 Å². The Labute approximate surface area is 114 Å². The molecule has 1 aliphatic carbocycles. The molecule has 1 aromatic carbocycles. The van der Waals surface area contributed by atoms with Crippen LogP contribution in [-0.2, 0) is 6.42 Å². The molecule has 0 heterocycles. The Bertz CT molecular complexity index is 423. The minimum Gasteiger partial charge on any atom is -0.325 e. The molecule has 0 bridgehead atoms. The molecule has 0 aromatic heterocycles. The van der Waals surface area contributed by atoms with Crippen molar-refractivity contribution < 1.29 is 4.39 Å². The Hall–Kier alpha value is -0.600. The van der Waals surface area contributed by atoms with E-state index < -0.39 is 0 Å². The van der Waals surface area contributed by atoms with Crippen LogP contribution in [0.2, 0.25) is 5.02 Å². The van der Waals surface area contributed by atoms with Crippen LogP contribution in [0.5, 0.6) is 0 Å². The van der Waals surface area contributed by atoms with E-state index in [9.17, 15) is 4.39 Å². The van der Waals surface area contributed by atoms with Crippen LogP contribution in [0, 0.1) is 17.7 Å². The Morgan fingerprint density at radius 3 is 2.50 bits per heavy atom. The SMILES string of the molecule is CC1CC(C)CC(N)(Cc2ccc(Cl)c(F)c2)C1. The molecule has 1 nitrogen and oxygen atoms in total. The van der Waals surface area contributed by atoms with E-state index in [1.54, 1.807) is 6.07 Å². The molecule has 0 radical (unpaired) electrons. The highest BCUT2D eigenvalue weighted by molar-refractivity contribution is 6.30. The first kappa shape index (κ1) is 13.8. The maximum absolute atomic E-state index is 13.4. The maximum Gasteiger partial charge on any atom is 0.142 e. The predicted octanol–water partition coefficient (Wildman–Crippen LogP) is 4.18. The third-order valence-electron chi connectivity index (χ3n) is 3.85. The highest BCUT2D eigenvalue weighted by Gasteiger charge is 2.34. The second-order valence-corrected chi connectivity index (χ2v) is 6.55. The largest absolute Gasteiger partial charge is 0.325 e. The minimum atomic E-state index is -0.352. The van der Waals surface area contributed by atoms with Gasteiger partial charge in [0.2, 0.25) is 0 Å². The average molecular weight is 270 g/mol. The zero-order chi connectivity index (χ0) is 13.3. The lowest BCUT2D eigenvalue weighted by Crippen LogP contribution is -2.48. The first-order valence-corrected chi connectivity index (χ1v) is 6.98. The van der Waals surface area contributed by atoms with Crippen molar-refractivity contribution in [2.45, 2.75) is 45.1 Å². The van der Waals surface area contributed by atoms with Crippen molar-refractivity contribution in [1.82, 2.24) is 0 Å². The monoisotopic (exact) mass is 269 g/mol. The molecular formula is C15H21ClFN. The van der Waals surface area contributed by atoms with Gasteiger partial charge in [-0.1, -0.05) is 31.5 Å². The molecule has 3 heteroatoms. The molecule has 2 unspecified atom stereocenters. The van der Waals surface area contributed by atoms with Gasteiger partial charge in [0.05, 0.1) is 5.02 Å². The summed E-state index contributed by atoms with van der Waals surface area (Å²) in [7, 11) is 0. The summed E-state index contributed by atoms with van der Waals surface area (Å²) in [5.41, 5.74) is 7.25. The molecule has 18 heavy (non-hydrogen) atoms. The number of hydrogen-bond donors (Lipinski definition) is 1. The van der Waals surface area contributed by atoms with Gasteiger partial charge in [-0.15, -0.1) is 0 Å². The summed E-state index contributed by atoms with van der Waals surface area (Å²) >= 11 is 5.70. The zero-order valence-electron chi connectivity index (χ0n) is 11.0. The highest BCUT2D eigenvalue weighted by Crippen LogP contribution is 2.36. The molecule has 0 amide bonds. The van der Waals surface area contributed by atoms with Gasteiger partial charge in [-0.05, 0) is 55.2 Å². The van der Waals surface area contributed by atoms with Crippen molar-refractivity contribution in [3.05, 3.63) is 34.6 Å². The van der Waals surface area contributed by atoms with E-state index in [4.69, 9.17) is 17.3 Å². The molecule has 2 N–H and O–H groups in total. The lowest BCUT2D eigenvalue weighted by Gasteiger charge is -2.40. The fraction of sp³-hybridized carbons (Fsp3) is 0.600. The van der Waals surface area contributed by atoms with Crippen LogP contribution in [0.1, 0.15) is 38.7 Å². The van der Waals surface area contributed by atoms with Gasteiger partial charge in [-0.3, -0.25) is 0 Å². The molecule has 0 aliphatic heterocycles. The number of nitrogens with two attached hydrogens (primary N) is 1. The molecular weight excluding hydrogens is 249 g/mol. The summed E-state index contributed by atoms with van der Waals surface area (Å²) in [6, 6.07) is 5.01. The molecule has 2 atom stereocenters. The highest BCUT2D eigenvalue weighted by atomic mass is 35.5. The average Bonchev–Trinajstić information content (AvgIpc) is 2.21. The van der Waals surface area contributed by atoms with Gasteiger partial charge < -0.3 is 5.73 Å². The summed E-state index contributed by atoms with van der Waals surface area (Å²) < 4.78 is 13.4. The van der Waals surface area contributed by atoms with Crippen molar-refractivity contribution >= 4 is 11.6 Å². The third kappa shape index (κ3) is 3.24. The molecule has 0 saturated heterocycles. The summed E-state index contributed by atoms with van der Waals surface area (Å²) in [5.74, 6) is 0.946.